The van der Waals surface area contributed by atoms with Crippen molar-refractivity contribution in [3.63, 3.8) is 0 Å². The Kier molecular flexibility index (Phi) is 4.24. The van der Waals surface area contributed by atoms with E-state index in [1.807, 2.05) is 30.3 Å². The molecule has 1 amide bonds. The highest BCUT2D eigenvalue weighted by Crippen LogP contribution is 2.47. The van der Waals surface area contributed by atoms with Gasteiger partial charge in [-0.1, -0.05) is 35.5 Å². The molecule has 1 aromatic carbocycles. The molecule has 1 aromatic rings. The number of carbonyl (C=O) groups is 1. The Hall–Kier alpha value is -2.08. The number of benzene rings is 1. The molecule has 6 nitrogen and oxygen atoms in total. The SMILES string of the molecule is N/C(=N/O)C1(C(=O)N(CCO)Cc2ccccc2)CC1. The topological polar surface area (TPSA) is 99.2 Å². The van der Waals surface area contributed by atoms with Gasteiger partial charge in [-0.2, -0.15) is 0 Å². The standard InChI is InChI=1S/C14H19N3O3/c15-12(16-20)14(6-7-14)13(19)17(8-9-18)10-11-4-2-1-3-5-11/h1-5,18,20H,6-10H2,(H2,15,16). The van der Waals surface area contributed by atoms with Crippen molar-refractivity contribution in [1.29, 1.82) is 0 Å². The molecule has 0 bridgehead atoms. The Bertz CT molecular complexity index is 498. The first-order valence-electron chi connectivity index (χ1n) is 6.56. The molecule has 6 heteroatoms. The lowest BCUT2D eigenvalue weighted by atomic mass is 10.0. The summed E-state index contributed by atoms with van der Waals surface area (Å²) in [6.07, 6.45) is 1.16. The Morgan fingerprint density at radius 2 is 2.00 bits per heavy atom. The molecule has 108 valence electrons. The molecule has 1 saturated carbocycles. The monoisotopic (exact) mass is 277 g/mol. The summed E-state index contributed by atoms with van der Waals surface area (Å²) in [5.74, 6) is -0.232. The van der Waals surface area contributed by atoms with Crippen molar-refractivity contribution < 1.29 is 15.1 Å². The number of hydrogen-bond acceptors (Lipinski definition) is 4. The van der Waals surface area contributed by atoms with Crippen LogP contribution >= 0.6 is 0 Å². The summed E-state index contributed by atoms with van der Waals surface area (Å²) in [7, 11) is 0. The number of hydrogen-bond donors (Lipinski definition) is 3. The summed E-state index contributed by atoms with van der Waals surface area (Å²) in [5, 5.41) is 20.9. The minimum absolute atomic E-state index is 0.0431. The maximum absolute atomic E-state index is 12.6. The highest BCUT2D eigenvalue weighted by Gasteiger charge is 2.55. The minimum Gasteiger partial charge on any atom is -0.409 e. The zero-order chi connectivity index (χ0) is 14.6. The van der Waals surface area contributed by atoms with Crippen LogP contribution in [0.3, 0.4) is 0 Å². The fraction of sp³-hybridized carbons (Fsp3) is 0.429. The van der Waals surface area contributed by atoms with Crippen LogP contribution in [0.1, 0.15) is 18.4 Å². The number of rotatable bonds is 6. The molecule has 1 fully saturated rings. The third kappa shape index (κ3) is 2.75. The van der Waals surface area contributed by atoms with Crippen LogP contribution in [-0.4, -0.2) is 40.1 Å². The highest BCUT2D eigenvalue weighted by atomic mass is 16.4. The van der Waals surface area contributed by atoms with Crippen molar-refractivity contribution >= 4 is 11.7 Å². The van der Waals surface area contributed by atoms with E-state index >= 15 is 0 Å². The van der Waals surface area contributed by atoms with Gasteiger partial charge in [-0.25, -0.2) is 0 Å². The number of carbonyl (C=O) groups excluding carboxylic acids is 1. The van der Waals surface area contributed by atoms with Gasteiger partial charge in [0.1, 0.15) is 5.41 Å². The van der Waals surface area contributed by atoms with E-state index in [1.165, 1.54) is 0 Å². The smallest absolute Gasteiger partial charge is 0.236 e. The van der Waals surface area contributed by atoms with E-state index in [0.29, 0.717) is 19.4 Å². The number of aliphatic hydroxyl groups excluding tert-OH is 1. The molecule has 1 aliphatic rings. The molecule has 2 rings (SSSR count). The molecule has 0 saturated heterocycles. The van der Waals surface area contributed by atoms with E-state index in [1.54, 1.807) is 4.90 Å². The van der Waals surface area contributed by atoms with E-state index < -0.39 is 5.41 Å². The van der Waals surface area contributed by atoms with E-state index in [0.717, 1.165) is 5.56 Å². The van der Waals surface area contributed by atoms with E-state index in [4.69, 9.17) is 16.0 Å². The molecular formula is C14H19N3O3. The van der Waals surface area contributed by atoms with Gasteiger partial charge in [-0.05, 0) is 18.4 Å². The average molecular weight is 277 g/mol. The average Bonchev–Trinajstić information content (AvgIpc) is 3.28. The summed E-state index contributed by atoms with van der Waals surface area (Å²) < 4.78 is 0. The number of nitrogens with zero attached hydrogens (tertiary/aromatic N) is 2. The fourth-order valence-corrected chi connectivity index (χ4v) is 2.28. The van der Waals surface area contributed by atoms with E-state index in [2.05, 4.69) is 5.16 Å². The van der Waals surface area contributed by atoms with Gasteiger partial charge in [0.05, 0.1) is 6.61 Å². The molecule has 0 aromatic heterocycles. The van der Waals surface area contributed by atoms with Gasteiger partial charge in [0.2, 0.25) is 5.91 Å². The quantitative estimate of drug-likeness (QED) is 0.306. The molecule has 0 aliphatic heterocycles. The Balaban J connectivity index is 2.15. The number of amides is 1. The molecule has 0 radical (unpaired) electrons. The van der Waals surface area contributed by atoms with Crippen LogP contribution in [0.15, 0.2) is 35.5 Å². The van der Waals surface area contributed by atoms with Crippen LogP contribution < -0.4 is 5.73 Å². The van der Waals surface area contributed by atoms with Gasteiger partial charge in [0.25, 0.3) is 0 Å². The van der Waals surface area contributed by atoms with Crippen molar-refractivity contribution in [2.75, 3.05) is 13.2 Å². The van der Waals surface area contributed by atoms with Crippen LogP contribution in [0.2, 0.25) is 0 Å². The Morgan fingerprint density at radius 3 is 2.50 bits per heavy atom. The van der Waals surface area contributed by atoms with Crippen LogP contribution in [0.4, 0.5) is 0 Å². The number of amidine groups is 1. The lowest BCUT2D eigenvalue weighted by Gasteiger charge is -2.26. The van der Waals surface area contributed by atoms with Crippen molar-refractivity contribution in [3.05, 3.63) is 35.9 Å². The summed E-state index contributed by atoms with van der Waals surface area (Å²) in [4.78, 5) is 14.1. The third-order valence-corrected chi connectivity index (χ3v) is 3.63. The largest absolute Gasteiger partial charge is 0.409 e. The maximum Gasteiger partial charge on any atom is 0.236 e. The van der Waals surface area contributed by atoms with Crippen molar-refractivity contribution in [2.45, 2.75) is 19.4 Å². The molecule has 4 N–H and O–H groups in total. The number of nitrogens with two attached hydrogens (primary N) is 1. The zero-order valence-corrected chi connectivity index (χ0v) is 11.2. The molecule has 0 atom stereocenters. The van der Waals surface area contributed by atoms with Gasteiger partial charge >= 0.3 is 0 Å². The number of aliphatic hydroxyl groups is 1. The van der Waals surface area contributed by atoms with Gasteiger partial charge in [0.15, 0.2) is 5.84 Å². The van der Waals surface area contributed by atoms with Gasteiger partial charge < -0.3 is 20.9 Å². The predicted molar refractivity (Wildman–Crippen MR) is 74.0 cm³/mol. The summed E-state index contributed by atoms with van der Waals surface area (Å²) >= 11 is 0. The summed E-state index contributed by atoms with van der Waals surface area (Å²) in [6.45, 7) is 0.514. The second kappa shape index (κ2) is 5.92. The predicted octanol–water partition coefficient (Wildman–Crippen LogP) is 0.534. The second-order valence-electron chi connectivity index (χ2n) is 5.00. The van der Waals surface area contributed by atoms with Crippen molar-refractivity contribution in [2.24, 2.45) is 16.3 Å². The van der Waals surface area contributed by atoms with E-state index in [9.17, 15) is 4.79 Å². The first kappa shape index (κ1) is 14.3. The first-order chi connectivity index (χ1) is 9.64. The summed E-state index contributed by atoms with van der Waals surface area (Å²) in [5.41, 5.74) is 5.73. The van der Waals surface area contributed by atoms with Crippen LogP contribution in [0, 0.1) is 5.41 Å². The maximum atomic E-state index is 12.6. The van der Waals surface area contributed by atoms with Crippen molar-refractivity contribution in [1.82, 2.24) is 4.90 Å². The van der Waals surface area contributed by atoms with Crippen molar-refractivity contribution in [3.8, 4) is 0 Å². The molecule has 20 heavy (non-hydrogen) atoms. The first-order valence-corrected chi connectivity index (χ1v) is 6.56. The van der Waals surface area contributed by atoms with Crippen LogP contribution in [0.25, 0.3) is 0 Å². The Morgan fingerprint density at radius 1 is 1.35 bits per heavy atom. The Labute approximate surface area is 117 Å². The van der Waals surface area contributed by atoms with Gasteiger partial charge in [-0.15, -0.1) is 0 Å². The van der Waals surface area contributed by atoms with E-state index in [-0.39, 0.29) is 24.9 Å². The highest BCUT2D eigenvalue weighted by molar-refractivity contribution is 6.09. The summed E-state index contributed by atoms with van der Waals surface area (Å²) in [6, 6.07) is 9.53. The fourth-order valence-electron chi connectivity index (χ4n) is 2.28. The van der Waals surface area contributed by atoms with Crippen LogP contribution in [0.5, 0.6) is 0 Å². The molecular weight excluding hydrogens is 258 g/mol. The normalized spacial score (nSPS) is 16.8. The molecule has 1 aliphatic carbocycles. The van der Waals surface area contributed by atoms with Crippen LogP contribution in [-0.2, 0) is 11.3 Å². The van der Waals surface area contributed by atoms with Gasteiger partial charge in [-0.3, -0.25) is 4.79 Å². The van der Waals surface area contributed by atoms with Gasteiger partial charge in [0, 0.05) is 13.1 Å². The number of oxime groups is 1. The molecule has 0 unspecified atom stereocenters. The lowest BCUT2D eigenvalue weighted by molar-refractivity contribution is -0.135. The second-order valence-corrected chi connectivity index (χ2v) is 5.00. The minimum atomic E-state index is -0.876. The zero-order valence-electron chi connectivity index (χ0n) is 11.2. The lowest BCUT2D eigenvalue weighted by Crippen LogP contribution is -2.44. The molecule has 0 spiro atoms. The third-order valence-electron chi connectivity index (χ3n) is 3.63. The molecule has 0 heterocycles.